The van der Waals surface area contributed by atoms with Gasteiger partial charge in [0.05, 0.1) is 0 Å². The number of benzene rings is 1. The van der Waals surface area contributed by atoms with E-state index >= 15 is 0 Å². The van der Waals surface area contributed by atoms with Crippen LogP contribution in [-0.4, -0.2) is 51.5 Å². The van der Waals surface area contributed by atoms with Crippen molar-refractivity contribution >= 4 is 23.6 Å². The third-order valence-corrected chi connectivity index (χ3v) is 5.62. The van der Waals surface area contributed by atoms with E-state index in [-0.39, 0.29) is 17.7 Å². The molecule has 0 radical (unpaired) electrons. The first-order valence-electron chi connectivity index (χ1n) is 9.31. The maximum atomic E-state index is 12.7. The first-order chi connectivity index (χ1) is 13.2. The van der Waals surface area contributed by atoms with Crippen molar-refractivity contribution in [2.45, 2.75) is 37.1 Å². The van der Waals surface area contributed by atoms with Crippen LogP contribution in [0.5, 0.6) is 0 Å². The fraction of sp³-hybridized carbons (Fsp3) is 0.474. The van der Waals surface area contributed by atoms with Gasteiger partial charge < -0.3 is 10.2 Å². The van der Waals surface area contributed by atoms with E-state index in [0.29, 0.717) is 18.7 Å². The fourth-order valence-corrected chi connectivity index (χ4v) is 3.81. The molecule has 0 aliphatic carbocycles. The minimum absolute atomic E-state index is 0.0242. The molecule has 0 bridgehead atoms. The molecule has 0 spiro atoms. The molecule has 27 heavy (non-hydrogen) atoms. The number of H-pyrrole nitrogens is 1. The molecule has 8 heteroatoms. The molecule has 1 saturated heterocycles. The number of aromatic amines is 1. The number of carbonyl (C=O) groups is 2. The molecule has 2 amide bonds. The van der Waals surface area contributed by atoms with Crippen LogP contribution in [0.3, 0.4) is 0 Å². The van der Waals surface area contributed by atoms with Crippen molar-refractivity contribution in [2.75, 3.05) is 19.6 Å². The van der Waals surface area contributed by atoms with Gasteiger partial charge in [-0.2, -0.15) is 5.10 Å². The highest BCUT2D eigenvalue weighted by atomic mass is 32.2. The van der Waals surface area contributed by atoms with Gasteiger partial charge in [0, 0.05) is 36.9 Å². The highest BCUT2D eigenvalue weighted by Gasteiger charge is 2.27. The van der Waals surface area contributed by atoms with Crippen LogP contribution < -0.4 is 5.32 Å². The van der Waals surface area contributed by atoms with Gasteiger partial charge in [0.2, 0.25) is 5.91 Å². The second-order valence-electron chi connectivity index (χ2n) is 6.63. The summed E-state index contributed by atoms with van der Waals surface area (Å²) in [5, 5.41) is 10.4. The van der Waals surface area contributed by atoms with Gasteiger partial charge in [-0.25, -0.2) is 4.98 Å². The Morgan fingerprint density at radius 3 is 2.63 bits per heavy atom. The zero-order valence-electron chi connectivity index (χ0n) is 15.5. The molecule has 2 heterocycles. The summed E-state index contributed by atoms with van der Waals surface area (Å²) in [7, 11) is 0. The molecule has 7 nitrogen and oxygen atoms in total. The average Bonchev–Trinajstić information content (AvgIpc) is 3.24. The molecule has 0 saturated carbocycles. The molecule has 3 rings (SSSR count). The van der Waals surface area contributed by atoms with Gasteiger partial charge in [-0.1, -0.05) is 30.8 Å². The second-order valence-corrected chi connectivity index (χ2v) is 7.60. The van der Waals surface area contributed by atoms with Gasteiger partial charge in [0.25, 0.3) is 5.91 Å². The normalized spacial score (nSPS) is 14.9. The number of rotatable bonds is 7. The number of piperidine rings is 1. The van der Waals surface area contributed by atoms with Crippen LogP contribution in [0, 0.1) is 5.92 Å². The van der Waals surface area contributed by atoms with E-state index in [9.17, 15) is 9.59 Å². The van der Waals surface area contributed by atoms with Crippen LogP contribution in [0.1, 0.15) is 42.1 Å². The standard InChI is InChI=1S/C19H25N5O2S/c1-2-9-20-17(25)15-7-10-24(11-8-15)18(26)16-5-3-14(4-6-16)12-27-19-21-13-22-23-19/h3-6,13,15H,2,7-12H2,1H3,(H,20,25)(H,21,22,23). The van der Waals surface area contributed by atoms with Crippen molar-refractivity contribution in [3.63, 3.8) is 0 Å². The SMILES string of the molecule is CCCNC(=O)C1CCN(C(=O)c2ccc(CSc3ncn[nH]3)cc2)CC1. The third kappa shape index (κ3) is 5.32. The van der Waals surface area contributed by atoms with E-state index in [1.54, 1.807) is 11.8 Å². The molecule has 1 aliphatic rings. The van der Waals surface area contributed by atoms with E-state index < -0.39 is 0 Å². The molecule has 1 aromatic heterocycles. The maximum absolute atomic E-state index is 12.7. The molecule has 144 valence electrons. The molecular weight excluding hydrogens is 362 g/mol. The summed E-state index contributed by atoms with van der Waals surface area (Å²) < 4.78 is 0. The van der Waals surface area contributed by atoms with Crippen molar-refractivity contribution < 1.29 is 9.59 Å². The Kier molecular flexibility index (Phi) is 6.86. The van der Waals surface area contributed by atoms with E-state index in [1.165, 1.54) is 6.33 Å². The van der Waals surface area contributed by atoms with Gasteiger partial charge in [0.1, 0.15) is 6.33 Å². The topological polar surface area (TPSA) is 91.0 Å². The number of aromatic nitrogens is 3. The van der Waals surface area contributed by atoms with Crippen LogP contribution in [-0.2, 0) is 10.5 Å². The lowest BCUT2D eigenvalue weighted by molar-refractivity contribution is -0.126. The third-order valence-electron chi connectivity index (χ3n) is 4.67. The van der Waals surface area contributed by atoms with Crippen molar-refractivity contribution in [1.82, 2.24) is 25.4 Å². The second kappa shape index (κ2) is 9.55. The van der Waals surface area contributed by atoms with Crippen LogP contribution in [0.25, 0.3) is 0 Å². The summed E-state index contributed by atoms with van der Waals surface area (Å²) in [4.78, 5) is 30.7. The first-order valence-corrected chi connectivity index (χ1v) is 10.3. The predicted octanol–water partition coefficient (Wildman–Crippen LogP) is 2.48. The molecule has 0 unspecified atom stereocenters. The zero-order chi connectivity index (χ0) is 19.1. The number of amides is 2. The molecule has 1 aliphatic heterocycles. The Morgan fingerprint density at radius 2 is 2.00 bits per heavy atom. The number of thioether (sulfide) groups is 1. The molecule has 1 fully saturated rings. The summed E-state index contributed by atoms with van der Waals surface area (Å²) in [6, 6.07) is 7.69. The summed E-state index contributed by atoms with van der Waals surface area (Å²) >= 11 is 1.57. The molecule has 1 aromatic carbocycles. The van der Waals surface area contributed by atoms with Crippen LogP contribution in [0.4, 0.5) is 0 Å². The van der Waals surface area contributed by atoms with E-state index in [1.807, 2.05) is 36.1 Å². The Hall–Kier alpha value is -2.35. The first kappa shape index (κ1) is 19.4. The van der Waals surface area contributed by atoms with Gasteiger partial charge in [-0.05, 0) is 37.0 Å². The van der Waals surface area contributed by atoms with Gasteiger partial charge >= 0.3 is 0 Å². The number of hydrogen-bond donors (Lipinski definition) is 2. The molecular formula is C19H25N5O2S. The smallest absolute Gasteiger partial charge is 0.253 e. The summed E-state index contributed by atoms with van der Waals surface area (Å²) in [5.41, 5.74) is 1.82. The number of hydrogen-bond acceptors (Lipinski definition) is 5. The number of likely N-dealkylation sites (tertiary alicyclic amines) is 1. The Bertz CT molecular complexity index is 740. The molecule has 2 N–H and O–H groups in total. The summed E-state index contributed by atoms with van der Waals surface area (Å²) in [5.74, 6) is 0.951. The quantitative estimate of drug-likeness (QED) is 0.712. The minimum atomic E-state index is 0.0242. The largest absolute Gasteiger partial charge is 0.356 e. The Morgan fingerprint density at radius 1 is 1.26 bits per heavy atom. The number of nitrogens with one attached hydrogen (secondary N) is 2. The fourth-order valence-electron chi connectivity index (χ4n) is 3.08. The lowest BCUT2D eigenvalue weighted by atomic mass is 9.95. The van der Waals surface area contributed by atoms with E-state index in [2.05, 4.69) is 20.5 Å². The summed E-state index contributed by atoms with van der Waals surface area (Å²) in [6.07, 6.45) is 3.89. The van der Waals surface area contributed by atoms with Gasteiger partial charge in [0.15, 0.2) is 5.16 Å². The molecule has 0 atom stereocenters. The Labute approximate surface area is 163 Å². The zero-order valence-corrected chi connectivity index (χ0v) is 16.3. The number of nitrogens with zero attached hydrogens (tertiary/aromatic N) is 3. The van der Waals surface area contributed by atoms with Crippen molar-refractivity contribution in [3.8, 4) is 0 Å². The van der Waals surface area contributed by atoms with E-state index in [0.717, 1.165) is 42.3 Å². The predicted molar refractivity (Wildman–Crippen MR) is 104 cm³/mol. The molecule has 2 aromatic rings. The lowest BCUT2D eigenvalue weighted by Gasteiger charge is -2.31. The van der Waals surface area contributed by atoms with Crippen LogP contribution in [0.2, 0.25) is 0 Å². The lowest BCUT2D eigenvalue weighted by Crippen LogP contribution is -2.43. The van der Waals surface area contributed by atoms with Crippen molar-refractivity contribution in [1.29, 1.82) is 0 Å². The van der Waals surface area contributed by atoms with Crippen molar-refractivity contribution in [2.24, 2.45) is 5.92 Å². The van der Waals surface area contributed by atoms with Crippen molar-refractivity contribution in [3.05, 3.63) is 41.7 Å². The minimum Gasteiger partial charge on any atom is -0.356 e. The Balaban J connectivity index is 1.48. The van der Waals surface area contributed by atoms with Crippen LogP contribution in [0.15, 0.2) is 35.7 Å². The highest BCUT2D eigenvalue weighted by molar-refractivity contribution is 7.98. The maximum Gasteiger partial charge on any atom is 0.253 e. The van der Waals surface area contributed by atoms with Gasteiger partial charge in [-0.3, -0.25) is 14.7 Å². The number of carbonyl (C=O) groups excluding carboxylic acids is 2. The monoisotopic (exact) mass is 387 g/mol. The van der Waals surface area contributed by atoms with Crippen LogP contribution >= 0.6 is 11.8 Å². The highest BCUT2D eigenvalue weighted by Crippen LogP contribution is 2.21. The van der Waals surface area contributed by atoms with Gasteiger partial charge in [-0.15, -0.1) is 0 Å². The average molecular weight is 388 g/mol. The summed E-state index contributed by atoms with van der Waals surface area (Å²) in [6.45, 7) is 4.02. The van der Waals surface area contributed by atoms with E-state index in [4.69, 9.17) is 0 Å².